The number of halogens is 2. The van der Waals surface area contributed by atoms with E-state index in [0.717, 1.165) is 30.0 Å². The Morgan fingerprint density at radius 3 is 2.41 bits per heavy atom. The van der Waals surface area contributed by atoms with Gasteiger partial charge in [0.05, 0.1) is 12.2 Å². The van der Waals surface area contributed by atoms with E-state index in [-0.39, 0.29) is 13.0 Å². The molecule has 4 nitrogen and oxygen atoms in total. The van der Waals surface area contributed by atoms with E-state index in [1.807, 2.05) is 30.1 Å². The van der Waals surface area contributed by atoms with Gasteiger partial charge in [-0.2, -0.15) is 0 Å². The molecule has 0 amide bonds. The molecule has 1 spiro atoms. The van der Waals surface area contributed by atoms with Crippen molar-refractivity contribution in [3.05, 3.63) is 36.4 Å². The van der Waals surface area contributed by atoms with Gasteiger partial charge in [-0.1, -0.05) is 6.07 Å². The van der Waals surface area contributed by atoms with Crippen LogP contribution < -0.4 is 14.5 Å². The topological polar surface area (TPSA) is 31.4 Å². The molecule has 34 heavy (non-hydrogen) atoms. The van der Waals surface area contributed by atoms with Crippen molar-refractivity contribution in [2.75, 3.05) is 40.7 Å². The summed E-state index contributed by atoms with van der Waals surface area (Å²) in [6, 6.07) is 12.4. The lowest BCUT2D eigenvalue weighted by Crippen LogP contribution is -2.43. The van der Waals surface area contributed by atoms with E-state index in [1.165, 1.54) is 44.2 Å². The molecule has 2 saturated heterocycles. The second-order valence-electron chi connectivity index (χ2n) is 11.1. The molecule has 2 aromatic rings. The number of rotatable bonds is 6. The van der Waals surface area contributed by atoms with Gasteiger partial charge in [0.1, 0.15) is 5.82 Å². The molecule has 3 heterocycles. The average molecular weight is 485 g/mol. The van der Waals surface area contributed by atoms with Crippen LogP contribution in [0, 0.1) is 5.41 Å². The number of nitrogens with zero attached hydrogens (tertiary/aromatic N) is 3. The maximum absolute atomic E-state index is 14.1. The number of hydrogen-bond acceptors (Lipinski definition) is 5. The van der Waals surface area contributed by atoms with Crippen molar-refractivity contribution in [1.82, 2.24) is 4.98 Å². The highest BCUT2D eigenvalue weighted by atomic mass is 32.2. The van der Waals surface area contributed by atoms with Gasteiger partial charge in [0.2, 0.25) is 0 Å². The Hall–Kier alpha value is -2.02. The molecule has 4 fully saturated rings. The fourth-order valence-electron chi connectivity index (χ4n) is 5.34. The fourth-order valence-corrected chi connectivity index (χ4v) is 6.14. The van der Waals surface area contributed by atoms with Crippen molar-refractivity contribution in [2.24, 2.45) is 5.41 Å². The maximum Gasteiger partial charge on any atom is 0.265 e. The summed E-state index contributed by atoms with van der Waals surface area (Å²) in [6.45, 7) is 4.83. The Bertz CT molecular complexity index is 1060. The summed E-state index contributed by atoms with van der Waals surface area (Å²) >= 11 is 1.82. The van der Waals surface area contributed by atoms with Crippen LogP contribution in [0.1, 0.15) is 58.3 Å². The van der Waals surface area contributed by atoms with Crippen LogP contribution in [0.15, 0.2) is 36.4 Å². The van der Waals surface area contributed by atoms with Gasteiger partial charge in [-0.05, 0) is 99.6 Å². The molecule has 0 bridgehead atoms. The highest BCUT2D eigenvalue weighted by Crippen LogP contribution is 2.54. The molecule has 1 N–H and O–H groups in total. The van der Waals surface area contributed by atoms with E-state index in [0.29, 0.717) is 28.9 Å². The first kappa shape index (κ1) is 22.4. The van der Waals surface area contributed by atoms with E-state index in [2.05, 4.69) is 34.7 Å². The van der Waals surface area contributed by atoms with Crippen molar-refractivity contribution in [1.29, 1.82) is 0 Å². The van der Waals surface area contributed by atoms with E-state index in [9.17, 15) is 8.78 Å². The van der Waals surface area contributed by atoms with Crippen LogP contribution in [0.5, 0.6) is 0 Å². The number of pyridine rings is 1. The molecule has 7 heteroatoms. The molecule has 1 aromatic heterocycles. The third-order valence-corrected chi connectivity index (χ3v) is 9.45. The van der Waals surface area contributed by atoms with Gasteiger partial charge in [-0.15, -0.1) is 0 Å². The molecule has 2 aliphatic heterocycles. The minimum atomic E-state index is -2.64. The minimum absolute atomic E-state index is 0.0324. The largest absolute Gasteiger partial charge is 0.371 e. The van der Waals surface area contributed by atoms with Gasteiger partial charge < -0.3 is 14.5 Å². The van der Waals surface area contributed by atoms with Crippen molar-refractivity contribution in [2.45, 2.75) is 69.0 Å². The summed E-state index contributed by atoms with van der Waals surface area (Å²) in [4.78, 5) is 9.15. The quantitative estimate of drug-likeness (QED) is 0.447. The number of benzene rings is 1. The fraction of sp³-hybridized carbons (Fsp3) is 0.593. The van der Waals surface area contributed by atoms with E-state index < -0.39 is 5.92 Å². The van der Waals surface area contributed by atoms with E-state index in [4.69, 9.17) is 4.98 Å². The maximum atomic E-state index is 14.1. The Labute approximate surface area is 205 Å². The standard InChI is InChI=1S/C27H34F2N4S/c1-25(9-10-25)34-31-20-6-7-21(23(18-20)32-16-13-26(11-12-26)14-17-32)22-4-2-5-24(30-22)33-15-3-8-27(28,29)19-33/h2,4-7,18,31H,3,8-17,19H2,1H3. The van der Waals surface area contributed by atoms with Gasteiger partial charge in [-0.3, -0.25) is 0 Å². The second-order valence-corrected chi connectivity index (χ2v) is 12.5. The van der Waals surface area contributed by atoms with Crippen molar-refractivity contribution < 1.29 is 8.78 Å². The summed E-state index contributed by atoms with van der Waals surface area (Å²) in [5.41, 5.74) is 4.89. The second kappa shape index (κ2) is 8.28. The van der Waals surface area contributed by atoms with Crippen LogP contribution in [-0.4, -0.2) is 41.8 Å². The molecule has 0 unspecified atom stereocenters. The van der Waals surface area contributed by atoms with E-state index in [1.54, 1.807) is 4.90 Å². The molecule has 0 radical (unpaired) electrons. The average Bonchev–Trinajstić information content (AvgIpc) is 3.77. The summed E-state index contributed by atoms with van der Waals surface area (Å²) < 4.78 is 32.1. The lowest BCUT2D eigenvalue weighted by atomic mass is 9.92. The van der Waals surface area contributed by atoms with Crippen molar-refractivity contribution >= 4 is 29.1 Å². The zero-order chi connectivity index (χ0) is 23.4. The molecule has 0 atom stereocenters. The van der Waals surface area contributed by atoms with Crippen LogP contribution in [-0.2, 0) is 0 Å². The normalized spacial score (nSPS) is 24.2. The van der Waals surface area contributed by atoms with E-state index >= 15 is 0 Å². The van der Waals surface area contributed by atoms with Crippen molar-refractivity contribution in [3.63, 3.8) is 0 Å². The van der Waals surface area contributed by atoms with Crippen molar-refractivity contribution in [3.8, 4) is 11.3 Å². The van der Waals surface area contributed by atoms with Gasteiger partial charge >= 0.3 is 0 Å². The van der Waals surface area contributed by atoms with Crippen LogP contribution in [0.2, 0.25) is 0 Å². The predicted molar refractivity (Wildman–Crippen MR) is 138 cm³/mol. The molecule has 182 valence electrons. The number of aromatic nitrogens is 1. The summed E-state index contributed by atoms with van der Waals surface area (Å²) in [7, 11) is 0. The first-order valence-electron chi connectivity index (χ1n) is 12.8. The number of nitrogens with one attached hydrogen (secondary N) is 1. The number of anilines is 3. The third-order valence-electron chi connectivity index (χ3n) is 8.22. The van der Waals surface area contributed by atoms with Gasteiger partial charge in [0.25, 0.3) is 5.92 Å². The SMILES string of the molecule is CC1(SNc2ccc(-c3cccc(N4CCCC(F)(F)C4)n3)c(N3CCC4(CC3)CC4)c2)CC1. The monoisotopic (exact) mass is 484 g/mol. The summed E-state index contributed by atoms with van der Waals surface area (Å²) in [6.07, 6.45) is 8.27. The van der Waals surface area contributed by atoms with Crippen LogP contribution in [0.3, 0.4) is 0 Å². The highest BCUT2D eigenvalue weighted by molar-refractivity contribution is 8.02. The lowest BCUT2D eigenvalue weighted by Gasteiger charge is -2.35. The molecule has 6 rings (SSSR count). The zero-order valence-electron chi connectivity index (χ0n) is 20.0. The Morgan fingerprint density at radius 2 is 1.71 bits per heavy atom. The lowest BCUT2D eigenvalue weighted by molar-refractivity contribution is -0.0118. The van der Waals surface area contributed by atoms with Gasteiger partial charge in [0, 0.05) is 47.7 Å². The summed E-state index contributed by atoms with van der Waals surface area (Å²) in [5.74, 6) is -1.99. The third kappa shape index (κ3) is 4.73. The van der Waals surface area contributed by atoms with Gasteiger partial charge in [0.15, 0.2) is 0 Å². The summed E-state index contributed by atoms with van der Waals surface area (Å²) in [5, 5.41) is 0. The predicted octanol–water partition coefficient (Wildman–Crippen LogP) is 6.98. The molecule has 2 aliphatic carbocycles. The minimum Gasteiger partial charge on any atom is -0.371 e. The Kier molecular flexibility index (Phi) is 5.47. The smallest absolute Gasteiger partial charge is 0.265 e. The van der Waals surface area contributed by atoms with Crippen LogP contribution >= 0.6 is 11.9 Å². The molecular formula is C27H34F2N4S. The zero-order valence-corrected chi connectivity index (χ0v) is 20.8. The van der Waals surface area contributed by atoms with Crippen LogP contribution in [0.4, 0.5) is 26.0 Å². The Balaban J connectivity index is 1.30. The highest BCUT2D eigenvalue weighted by Gasteiger charge is 2.44. The van der Waals surface area contributed by atoms with Gasteiger partial charge in [-0.25, -0.2) is 13.8 Å². The number of alkyl halides is 2. The Morgan fingerprint density at radius 1 is 0.912 bits per heavy atom. The number of hydrogen-bond donors (Lipinski definition) is 1. The molecular weight excluding hydrogens is 450 g/mol. The first-order chi connectivity index (χ1) is 16.3. The van der Waals surface area contributed by atoms with Crippen LogP contribution in [0.25, 0.3) is 11.3 Å². The number of piperidine rings is 2. The molecule has 2 saturated carbocycles. The molecule has 4 aliphatic rings. The molecule has 1 aromatic carbocycles. The first-order valence-corrected chi connectivity index (χ1v) is 13.6.